The Balaban J connectivity index is 1.69. The van der Waals surface area contributed by atoms with Crippen molar-refractivity contribution in [1.29, 1.82) is 5.26 Å². The highest BCUT2D eigenvalue weighted by Gasteiger charge is 2.14. The first-order valence-electron chi connectivity index (χ1n) is 10.5. The van der Waals surface area contributed by atoms with E-state index >= 15 is 0 Å². The van der Waals surface area contributed by atoms with Crippen LogP contribution >= 0.6 is 11.6 Å². The molecule has 0 aliphatic heterocycles. The van der Waals surface area contributed by atoms with Crippen molar-refractivity contribution in [3.05, 3.63) is 112 Å². The highest BCUT2D eigenvalue weighted by molar-refractivity contribution is 6.31. The Morgan fingerprint density at radius 1 is 1.09 bits per heavy atom. The van der Waals surface area contributed by atoms with Gasteiger partial charge in [0.25, 0.3) is 5.91 Å². The number of anilines is 1. The Labute approximate surface area is 201 Å². The van der Waals surface area contributed by atoms with E-state index in [-0.39, 0.29) is 18.0 Å². The number of aryl methyl sites for hydroxylation is 1. The second-order valence-corrected chi connectivity index (χ2v) is 8.11. The maximum atomic E-state index is 13.2. The number of fused-ring (bicyclic) bond motifs is 1. The van der Waals surface area contributed by atoms with E-state index in [0.717, 1.165) is 21.9 Å². The highest BCUT2D eigenvalue weighted by Crippen LogP contribution is 2.31. The Kier molecular flexibility index (Phi) is 6.91. The highest BCUT2D eigenvalue weighted by atomic mass is 35.5. The molecule has 0 radical (unpaired) electrons. The first-order chi connectivity index (χ1) is 16.4. The third kappa shape index (κ3) is 5.25. The lowest BCUT2D eigenvalue weighted by molar-refractivity contribution is -0.112. The van der Waals surface area contributed by atoms with Gasteiger partial charge in [0.05, 0.1) is 0 Å². The molecule has 0 aliphatic rings. The molecular weight excluding hydrogens is 451 g/mol. The fourth-order valence-corrected chi connectivity index (χ4v) is 3.63. The Bertz CT molecular complexity index is 1440. The largest absolute Gasteiger partial charge is 0.488 e. The molecule has 34 heavy (non-hydrogen) atoms. The number of nitriles is 1. The first-order valence-corrected chi connectivity index (χ1v) is 10.9. The van der Waals surface area contributed by atoms with Gasteiger partial charge in [-0.2, -0.15) is 5.26 Å². The molecule has 0 fully saturated rings. The van der Waals surface area contributed by atoms with Gasteiger partial charge in [0.1, 0.15) is 29.8 Å². The first kappa shape index (κ1) is 23.0. The van der Waals surface area contributed by atoms with Gasteiger partial charge in [-0.05, 0) is 65.2 Å². The zero-order valence-corrected chi connectivity index (χ0v) is 19.1. The van der Waals surface area contributed by atoms with E-state index in [1.807, 2.05) is 43.3 Å². The maximum Gasteiger partial charge on any atom is 0.266 e. The molecule has 4 aromatic rings. The van der Waals surface area contributed by atoms with Crippen molar-refractivity contribution in [2.75, 3.05) is 5.32 Å². The summed E-state index contributed by atoms with van der Waals surface area (Å²) in [6, 6.07) is 24.5. The lowest BCUT2D eigenvalue weighted by Crippen LogP contribution is -2.13. The normalized spacial score (nSPS) is 11.2. The van der Waals surface area contributed by atoms with Crippen LogP contribution in [-0.4, -0.2) is 5.91 Å². The minimum atomic E-state index is -0.556. The third-order valence-electron chi connectivity index (χ3n) is 5.32. The van der Waals surface area contributed by atoms with E-state index in [9.17, 15) is 14.4 Å². The van der Waals surface area contributed by atoms with E-state index < -0.39 is 5.91 Å². The molecule has 0 unspecified atom stereocenters. The SMILES string of the molecule is Cc1ccc(NC(=O)/C(C#N)=C/c2c(OCc3ccc(F)cc3)ccc3ccccc23)cc1Cl. The van der Waals surface area contributed by atoms with Crippen molar-refractivity contribution >= 4 is 40.0 Å². The Morgan fingerprint density at radius 3 is 2.59 bits per heavy atom. The van der Waals surface area contributed by atoms with Gasteiger partial charge in [-0.1, -0.05) is 60.1 Å². The quantitative estimate of drug-likeness (QED) is 0.242. The molecule has 0 bridgehead atoms. The molecule has 4 aromatic carbocycles. The molecule has 168 valence electrons. The minimum Gasteiger partial charge on any atom is -0.488 e. The van der Waals surface area contributed by atoms with Crippen LogP contribution in [0.5, 0.6) is 5.75 Å². The Hall–Kier alpha value is -4.14. The van der Waals surface area contributed by atoms with Crippen molar-refractivity contribution in [2.24, 2.45) is 0 Å². The molecule has 0 saturated carbocycles. The number of nitrogens with zero attached hydrogens (tertiary/aromatic N) is 1. The molecular formula is C28H20ClFN2O2. The predicted molar refractivity (Wildman–Crippen MR) is 133 cm³/mol. The number of halogens is 2. The van der Waals surface area contributed by atoms with Crippen molar-refractivity contribution < 1.29 is 13.9 Å². The van der Waals surface area contributed by atoms with Gasteiger partial charge >= 0.3 is 0 Å². The second kappa shape index (κ2) is 10.2. The van der Waals surface area contributed by atoms with E-state index in [0.29, 0.717) is 22.0 Å². The lowest BCUT2D eigenvalue weighted by Gasteiger charge is -2.13. The number of hydrogen-bond donors (Lipinski definition) is 1. The summed E-state index contributed by atoms with van der Waals surface area (Å²) >= 11 is 6.15. The molecule has 0 heterocycles. The molecule has 1 amide bonds. The Morgan fingerprint density at radius 2 is 1.85 bits per heavy atom. The maximum absolute atomic E-state index is 13.2. The smallest absolute Gasteiger partial charge is 0.266 e. The number of nitrogens with one attached hydrogen (secondary N) is 1. The number of rotatable bonds is 6. The number of carbonyl (C=O) groups is 1. The van der Waals surface area contributed by atoms with Gasteiger partial charge in [0, 0.05) is 16.3 Å². The van der Waals surface area contributed by atoms with Gasteiger partial charge < -0.3 is 10.1 Å². The number of benzene rings is 4. The van der Waals surface area contributed by atoms with E-state index in [1.54, 1.807) is 36.4 Å². The zero-order valence-electron chi connectivity index (χ0n) is 18.3. The van der Waals surface area contributed by atoms with Crippen molar-refractivity contribution in [3.8, 4) is 11.8 Å². The second-order valence-electron chi connectivity index (χ2n) is 7.70. The molecule has 4 rings (SSSR count). The number of amides is 1. The molecule has 4 nitrogen and oxygen atoms in total. The van der Waals surface area contributed by atoms with Gasteiger partial charge in [-0.3, -0.25) is 4.79 Å². The summed E-state index contributed by atoms with van der Waals surface area (Å²) in [5.41, 5.74) is 2.69. The van der Waals surface area contributed by atoms with Crippen molar-refractivity contribution in [3.63, 3.8) is 0 Å². The minimum absolute atomic E-state index is 0.0836. The molecule has 0 aliphatic carbocycles. The third-order valence-corrected chi connectivity index (χ3v) is 5.73. The van der Waals surface area contributed by atoms with Crippen LogP contribution in [0.2, 0.25) is 5.02 Å². The van der Waals surface area contributed by atoms with Crippen LogP contribution in [0.25, 0.3) is 16.8 Å². The van der Waals surface area contributed by atoms with E-state index in [4.69, 9.17) is 16.3 Å². The van der Waals surface area contributed by atoms with Crippen LogP contribution in [0.1, 0.15) is 16.7 Å². The van der Waals surface area contributed by atoms with E-state index in [2.05, 4.69) is 5.32 Å². The molecule has 0 aromatic heterocycles. The summed E-state index contributed by atoms with van der Waals surface area (Å²) < 4.78 is 19.2. The van der Waals surface area contributed by atoms with Gasteiger partial charge in [-0.15, -0.1) is 0 Å². The number of ether oxygens (including phenoxy) is 1. The summed E-state index contributed by atoms with van der Waals surface area (Å²) in [6.07, 6.45) is 1.52. The fraction of sp³-hybridized carbons (Fsp3) is 0.0714. The fourth-order valence-electron chi connectivity index (χ4n) is 3.45. The van der Waals surface area contributed by atoms with Crippen LogP contribution in [-0.2, 0) is 11.4 Å². The molecule has 6 heteroatoms. The van der Waals surface area contributed by atoms with Crippen LogP contribution in [0, 0.1) is 24.1 Å². The van der Waals surface area contributed by atoms with Crippen molar-refractivity contribution in [1.82, 2.24) is 0 Å². The number of hydrogen-bond acceptors (Lipinski definition) is 3. The van der Waals surface area contributed by atoms with Gasteiger partial charge in [0.2, 0.25) is 0 Å². The molecule has 1 N–H and O–H groups in total. The zero-order chi connectivity index (χ0) is 24.1. The average molecular weight is 471 g/mol. The van der Waals surface area contributed by atoms with Crippen LogP contribution in [0.3, 0.4) is 0 Å². The van der Waals surface area contributed by atoms with Crippen molar-refractivity contribution in [2.45, 2.75) is 13.5 Å². The summed E-state index contributed by atoms with van der Waals surface area (Å²) in [5, 5.41) is 14.8. The van der Waals surface area contributed by atoms with Gasteiger partial charge in [-0.25, -0.2) is 4.39 Å². The van der Waals surface area contributed by atoms with E-state index in [1.165, 1.54) is 18.2 Å². The average Bonchev–Trinajstić information content (AvgIpc) is 2.84. The molecule has 0 atom stereocenters. The monoisotopic (exact) mass is 470 g/mol. The summed E-state index contributed by atoms with van der Waals surface area (Å²) in [4.78, 5) is 12.9. The number of carbonyl (C=O) groups excluding carboxylic acids is 1. The van der Waals surface area contributed by atoms with Crippen LogP contribution in [0.4, 0.5) is 10.1 Å². The lowest BCUT2D eigenvalue weighted by atomic mass is 10.0. The summed E-state index contributed by atoms with van der Waals surface area (Å²) in [7, 11) is 0. The molecule has 0 spiro atoms. The van der Waals surface area contributed by atoms with Crippen LogP contribution in [0.15, 0.2) is 84.4 Å². The summed E-state index contributed by atoms with van der Waals surface area (Å²) in [5.74, 6) is -0.376. The summed E-state index contributed by atoms with van der Waals surface area (Å²) in [6.45, 7) is 2.07. The topological polar surface area (TPSA) is 62.1 Å². The standard InChI is InChI=1S/C28H20ClFN2O2/c1-18-6-12-23(15-26(18)29)32-28(33)21(16-31)14-25-24-5-3-2-4-20(24)9-13-27(25)34-17-19-7-10-22(30)11-8-19/h2-15H,17H2,1H3,(H,32,33)/b21-14+. The predicted octanol–water partition coefficient (Wildman–Crippen LogP) is 7.07. The van der Waals surface area contributed by atoms with Gasteiger partial charge in [0.15, 0.2) is 0 Å². The van der Waals surface area contributed by atoms with Crippen LogP contribution < -0.4 is 10.1 Å². The molecule has 0 saturated heterocycles.